The van der Waals surface area contributed by atoms with Crippen molar-refractivity contribution in [2.24, 2.45) is 0 Å². The first-order valence-electron chi connectivity index (χ1n) is 8.62. The zero-order valence-electron chi connectivity index (χ0n) is 14.8. The largest absolute Gasteiger partial charge is 0.406 e. The van der Waals surface area contributed by atoms with Crippen molar-refractivity contribution in [1.82, 2.24) is 9.88 Å². The van der Waals surface area contributed by atoms with E-state index in [2.05, 4.69) is 10.6 Å². The van der Waals surface area contributed by atoms with Crippen molar-refractivity contribution < 1.29 is 17.6 Å². The van der Waals surface area contributed by atoms with E-state index in [0.29, 0.717) is 35.2 Å². The second-order valence-corrected chi connectivity index (χ2v) is 5.99. The highest BCUT2D eigenvalue weighted by Gasteiger charge is 2.30. The maximum absolute atomic E-state index is 14.0. The van der Waals surface area contributed by atoms with Crippen LogP contribution in [0.2, 0.25) is 0 Å². The average molecular weight is 359 g/mol. The summed E-state index contributed by atoms with van der Waals surface area (Å²) in [6, 6.07) is 6.54. The van der Waals surface area contributed by atoms with Crippen LogP contribution < -0.4 is 10.6 Å². The highest BCUT2D eigenvalue weighted by molar-refractivity contribution is 5.93. The fraction of sp³-hybridized carbons (Fsp3) is 0.556. The minimum absolute atomic E-state index is 0.293. The third-order valence-corrected chi connectivity index (χ3v) is 4.24. The number of aromatic nitrogens is 1. The van der Waals surface area contributed by atoms with Gasteiger partial charge in [0, 0.05) is 23.3 Å². The molecule has 1 saturated heterocycles. The van der Waals surface area contributed by atoms with Gasteiger partial charge in [0.15, 0.2) is 0 Å². The Balaban J connectivity index is 0.00000109. The molecule has 2 aromatic rings. The molecular formula is C18H25F4N3. The van der Waals surface area contributed by atoms with Crippen molar-refractivity contribution in [1.29, 1.82) is 0 Å². The predicted molar refractivity (Wildman–Crippen MR) is 93.9 cm³/mol. The van der Waals surface area contributed by atoms with Gasteiger partial charge in [0.1, 0.15) is 12.7 Å². The van der Waals surface area contributed by atoms with Crippen LogP contribution in [0.4, 0.5) is 23.2 Å². The Labute approximate surface area is 145 Å². The van der Waals surface area contributed by atoms with Gasteiger partial charge in [-0.15, -0.1) is 0 Å². The van der Waals surface area contributed by atoms with E-state index in [0.717, 1.165) is 6.54 Å². The van der Waals surface area contributed by atoms with Crippen molar-refractivity contribution in [2.45, 2.75) is 52.1 Å². The third-order valence-electron chi connectivity index (χ3n) is 4.24. The van der Waals surface area contributed by atoms with E-state index in [-0.39, 0.29) is 6.04 Å². The highest BCUT2D eigenvalue weighted by Crippen LogP contribution is 2.31. The molecule has 1 aromatic heterocycles. The number of fused-ring (bicyclic) bond motifs is 1. The van der Waals surface area contributed by atoms with Crippen LogP contribution in [0.1, 0.15) is 26.0 Å². The number of aryl methyl sites for hydroxylation is 1. The normalized spacial score (nSPS) is 20.9. The maximum atomic E-state index is 14.0. The van der Waals surface area contributed by atoms with Crippen LogP contribution in [0.25, 0.3) is 10.9 Å². The van der Waals surface area contributed by atoms with Crippen LogP contribution in [-0.4, -0.2) is 36.0 Å². The molecule has 1 fully saturated rings. The average Bonchev–Trinajstić information content (AvgIpc) is 2.87. The Morgan fingerprint density at radius 2 is 2.00 bits per heavy atom. The molecule has 3 nitrogen and oxygen atoms in total. The predicted octanol–water partition coefficient (Wildman–Crippen LogP) is 4.65. The molecule has 0 saturated carbocycles. The van der Waals surface area contributed by atoms with Crippen molar-refractivity contribution in [2.75, 3.05) is 18.4 Å². The summed E-state index contributed by atoms with van der Waals surface area (Å²) < 4.78 is 53.5. The van der Waals surface area contributed by atoms with Gasteiger partial charge in [0.2, 0.25) is 0 Å². The van der Waals surface area contributed by atoms with Gasteiger partial charge in [0.25, 0.3) is 0 Å². The Kier molecular flexibility index (Phi) is 6.32. The molecule has 2 unspecified atom stereocenters. The molecule has 25 heavy (non-hydrogen) atoms. The minimum Gasteiger partial charge on any atom is -0.379 e. The lowest BCUT2D eigenvalue weighted by atomic mass is 10.0. The smallest absolute Gasteiger partial charge is 0.379 e. The standard InChI is InChI=1S/C16H19F4N3.C2H6/c1-10-7-11-13(22-14-5-6-21-8-12(14)17)3-2-4-15(11)23(10)9-16(18,19)20;1-2/h2-4,7,12,14,21-22H,5-6,8-9H2,1H3;1-2H3. The Bertz CT molecular complexity index is 693. The number of benzene rings is 1. The molecule has 3 rings (SSSR count). The van der Waals surface area contributed by atoms with Crippen LogP contribution in [0, 0.1) is 6.92 Å². The molecule has 140 valence electrons. The summed E-state index contributed by atoms with van der Waals surface area (Å²) in [7, 11) is 0. The summed E-state index contributed by atoms with van der Waals surface area (Å²) in [6.45, 7) is 5.65. The van der Waals surface area contributed by atoms with Gasteiger partial charge in [-0.25, -0.2) is 4.39 Å². The van der Waals surface area contributed by atoms with Gasteiger partial charge in [-0.1, -0.05) is 19.9 Å². The third kappa shape index (κ3) is 4.66. The second kappa shape index (κ2) is 8.08. The summed E-state index contributed by atoms with van der Waals surface area (Å²) >= 11 is 0. The van der Waals surface area contributed by atoms with E-state index < -0.39 is 18.9 Å². The number of alkyl halides is 4. The van der Waals surface area contributed by atoms with Crippen molar-refractivity contribution >= 4 is 16.6 Å². The molecule has 0 aliphatic carbocycles. The molecular weight excluding hydrogens is 334 g/mol. The molecule has 2 atom stereocenters. The minimum atomic E-state index is -4.28. The van der Waals surface area contributed by atoms with Crippen LogP contribution in [-0.2, 0) is 6.54 Å². The molecule has 2 N–H and O–H groups in total. The van der Waals surface area contributed by atoms with E-state index in [1.165, 1.54) is 4.57 Å². The van der Waals surface area contributed by atoms with E-state index in [1.807, 2.05) is 13.8 Å². The molecule has 2 heterocycles. The lowest BCUT2D eigenvalue weighted by Gasteiger charge is -2.28. The fourth-order valence-electron chi connectivity index (χ4n) is 3.11. The van der Waals surface area contributed by atoms with Gasteiger partial charge in [0.05, 0.1) is 11.6 Å². The summed E-state index contributed by atoms with van der Waals surface area (Å²) in [4.78, 5) is 0. The van der Waals surface area contributed by atoms with Crippen LogP contribution in [0.15, 0.2) is 24.3 Å². The first kappa shape index (κ1) is 19.6. The number of rotatable bonds is 3. The van der Waals surface area contributed by atoms with E-state index in [1.54, 1.807) is 31.2 Å². The fourth-order valence-corrected chi connectivity index (χ4v) is 3.11. The first-order valence-corrected chi connectivity index (χ1v) is 8.62. The van der Waals surface area contributed by atoms with Gasteiger partial charge in [-0.3, -0.25) is 0 Å². The lowest BCUT2D eigenvalue weighted by molar-refractivity contribution is -0.140. The summed E-state index contributed by atoms with van der Waals surface area (Å²) in [6.07, 6.45) is -4.66. The van der Waals surface area contributed by atoms with Crippen LogP contribution in [0.5, 0.6) is 0 Å². The number of halogens is 4. The maximum Gasteiger partial charge on any atom is 0.406 e. The first-order chi connectivity index (χ1) is 11.8. The van der Waals surface area contributed by atoms with E-state index >= 15 is 0 Å². The Morgan fingerprint density at radius 1 is 1.28 bits per heavy atom. The zero-order valence-corrected chi connectivity index (χ0v) is 14.8. The number of piperidine rings is 1. The van der Waals surface area contributed by atoms with E-state index in [4.69, 9.17) is 0 Å². The molecule has 1 aromatic carbocycles. The molecule has 0 spiro atoms. The number of hydrogen-bond acceptors (Lipinski definition) is 2. The summed E-state index contributed by atoms with van der Waals surface area (Å²) in [5, 5.41) is 6.84. The SMILES string of the molecule is CC.Cc1cc2c(NC3CCNCC3F)cccc2n1CC(F)(F)F. The molecule has 0 radical (unpaired) electrons. The van der Waals surface area contributed by atoms with Crippen molar-refractivity contribution in [3.8, 4) is 0 Å². The highest BCUT2D eigenvalue weighted by atomic mass is 19.4. The van der Waals surface area contributed by atoms with Crippen LogP contribution in [0.3, 0.4) is 0 Å². The number of anilines is 1. The Hall–Kier alpha value is -1.76. The number of nitrogens with zero attached hydrogens (tertiary/aromatic N) is 1. The Morgan fingerprint density at radius 3 is 2.64 bits per heavy atom. The molecule has 1 aliphatic heterocycles. The van der Waals surface area contributed by atoms with Crippen LogP contribution >= 0.6 is 0 Å². The lowest BCUT2D eigenvalue weighted by Crippen LogP contribution is -2.45. The topological polar surface area (TPSA) is 29.0 Å². The molecule has 0 amide bonds. The summed E-state index contributed by atoms with van der Waals surface area (Å²) in [5.41, 5.74) is 1.73. The van der Waals surface area contributed by atoms with Gasteiger partial charge in [-0.2, -0.15) is 13.2 Å². The second-order valence-electron chi connectivity index (χ2n) is 5.99. The van der Waals surface area contributed by atoms with Gasteiger partial charge in [-0.05, 0) is 38.1 Å². The zero-order chi connectivity index (χ0) is 18.6. The summed E-state index contributed by atoms with van der Waals surface area (Å²) in [5.74, 6) is 0. The monoisotopic (exact) mass is 359 g/mol. The van der Waals surface area contributed by atoms with Crippen molar-refractivity contribution in [3.63, 3.8) is 0 Å². The number of hydrogen-bond donors (Lipinski definition) is 2. The van der Waals surface area contributed by atoms with E-state index in [9.17, 15) is 17.6 Å². The molecule has 1 aliphatic rings. The van der Waals surface area contributed by atoms with Crippen molar-refractivity contribution in [3.05, 3.63) is 30.0 Å². The molecule has 0 bridgehead atoms. The van der Waals surface area contributed by atoms with Gasteiger partial charge < -0.3 is 15.2 Å². The molecule has 7 heteroatoms. The van der Waals surface area contributed by atoms with Gasteiger partial charge >= 0.3 is 6.18 Å². The number of nitrogens with one attached hydrogen (secondary N) is 2. The quantitative estimate of drug-likeness (QED) is 0.781.